The van der Waals surface area contributed by atoms with Gasteiger partial charge in [-0.05, 0) is 61.6 Å². The molecule has 2 aliphatic rings. The molecule has 4 rings (SSSR count). The number of urea groups is 1. The number of carbonyl (C=O) groups excluding carboxylic acids is 2. The molecule has 2 aromatic carbocycles. The van der Waals surface area contributed by atoms with Gasteiger partial charge in [-0.3, -0.25) is 0 Å². The fourth-order valence-electron chi connectivity index (χ4n) is 3.87. The molecule has 31 heavy (non-hydrogen) atoms. The minimum atomic E-state index is -0.487. The predicted octanol–water partition coefficient (Wildman–Crippen LogP) is 5.26. The lowest BCUT2D eigenvalue weighted by Crippen LogP contribution is -2.39. The third kappa shape index (κ3) is 5.08. The van der Waals surface area contributed by atoms with Gasteiger partial charge in [0.05, 0.1) is 0 Å². The number of benzene rings is 2. The summed E-state index contributed by atoms with van der Waals surface area (Å²) in [6, 6.07) is 16.0. The molecule has 2 aromatic rings. The molecular weight excluding hydrogens is 390 g/mol. The Labute approximate surface area is 183 Å². The molecule has 6 heteroatoms. The second-order valence-corrected chi connectivity index (χ2v) is 9.04. The Morgan fingerprint density at radius 2 is 1.58 bits per heavy atom. The van der Waals surface area contributed by atoms with Gasteiger partial charge in [-0.15, -0.1) is 0 Å². The van der Waals surface area contributed by atoms with Crippen LogP contribution < -0.4 is 5.32 Å². The molecule has 2 heterocycles. The molecule has 0 saturated heterocycles. The zero-order chi connectivity index (χ0) is 22.0. The van der Waals surface area contributed by atoms with E-state index >= 15 is 0 Å². The van der Waals surface area contributed by atoms with Crippen molar-refractivity contribution in [3.63, 3.8) is 0 Å². The molecule has 0 fully saturated rings. The Balaban J connectivity index is 1.33. The quantitative estimate of drug-likeness (QED) is 0.722. The third-order valence-corrected chi connectivity index (χ3v) is 5.50. The van der Waals surface area contributed by atoms with Crippen LogP contribution in [0.15, 0.2) is 54.6 Å². The first-order chi connectivity index (χ1) is 14.8. The summed E-state index contributed by atoms with van der Waals surface area (Å²) in [5, 5.41) is 2.99. The van der Waals surface area contributed by atoms with Crippen LogP contribution in [0.2, 0.25) is 0 Å². The molecule has 0 spiro atoms. The summed E-state index contributed by atoms with van der Waals surface area (Å²) in [6.07, 6.45) is 2.57. The van der Waals surface area contributed by atoms with Crippen molar-refractivity contribution in [2.24, 2.45) is 0 Å². The fourth-order valence-corrected chi connectivity index (χ4v) is 3.87. The van der Waals surface area contributed by atoms with Gasteiger partial charge in [-0.25, -0.2) is 9.59 Å². The van der Waals surface area contributed by atoms with Gasteiger partial charge in [0.25, 0.3) is 0 Å². The predicted molar refractivity (Wildman–Crippen MR) is 122 cm³/mol. The van der Waals surface area contributed by atoms with Crippen molar-refractivity contribution in [2.75, 3.05) is 18.4 Å². The van der Waals surface area contributed by atoms with Gasteiger partial charge in [0, 0.05) is 31.9 Å². The SMILES string of the molecule is CC(C)(C)OC(=O)N1CC=C(c2ccc(NC(=O)N3Cc4ccccc4C3)cc2)CC1. The molecule has 0 unspecified atom stereocenters. The molecule has 0 aromatic heterocycles. The van der Waals surface area contributed by atoms with E-state index in [1.807, 2.05) is 62.1 Å². The topological polar surface area (TPSA) is 61.9 Å². The molecule has 2 aliphatic heterocycles. The Morgan fingerprint density at radius 3 is 2.13 bits per heavy atom. The molecule has 0 atom stereocenters. The van der Waals surface area contributed by atoms with Crippen LogP contribution in [-0.2, 0) is 17.8 Å². The lowest BCUT2D eigenvalue weighted by Gasteiger charge is -2.29. The monoisotopic (exact) mass is 419 g/mol. The van der Waals surface area contributed by atoms with Crippen LogP contribution in [0.3, 0.4) is 0 Å². The van der Waals surface area contributed by atoms with Gasteiger partial charge in [-0.2, -0.15) is 0 Å². The van der Waals surface area contributed by atoms with Crippen molar-refractivity contribution < 1.29 is 14.3 Å². The highest BCUT2D eigenvalue weighted by molar-refractivity contribution is 5.90. The number of amides is 3. The van der Waals surface area contributed by atoms with Gasteiger partial charge >= 0.3 is 12.1 Å². The van der Waals surface area contributed by atoms with E-state index in [1.54, 1.807) is 4.90 Å². The molecule has 1 N–H and O–H groups in total. The standard InChI is InChI=1S/C25H29N3O3/c1-25(2,3)31-24(30)27-14-12-19(13-15-27)18-8-10-22(11-9-18)26-23(29)28-16-20-6-4-5-7-21(20)17-28/h4-12H,13-17H2,1-3H3,(H,26,29). The van der Waals surface area contributed by atoms with E-state index < -0.39 is 5.60 Å². The van der Waals surface area contributed by atoms with E-state index in [4.69, 9.17) is 4.74 Å². The Bertz CT molecular complexity index is 980. The van der Waals surface area contributed by atoms with Crippen molar-refractivity contribution in [2.45, 2.75) is 45.9 Å². The molecule has 162 valence electrons. The number of hydrogen-bond acceptors (Lipinski definition) is 3. The zero-order valence-electron chi connectivity index (χ0n) is 18.4. The number of carbonyl (C=O) groups is 2. The second kappa shape index (κ2) is 8.46. The maximum Gasteiger partial charge on any atom is 0.410 e. The first kappa shape index (κ1) is 21.0. The summed E-state index contributed by atoms with van der Waals surface area (Å²) < 4.78 is 5.45. The van der Waals surface area contributed by atoms with Gasteiger partial charge in [-0.1, -0.05) is 42.5 Å². The van der Waals surface area contributed by atoms with Crippen LogP contribution in [0.4, 0.5) is 15.3 Å². The second-order valence-electron chi connectivity index (χ2n) is 9.04. The van der Waals surface area contributed by atoms with Crippen LogP contribution in [0, 0.1) is 0 Å². The highest BCUT2D eigenvalue weighted by atomic mass is 16.6. The minimum Gasteiger partial charge on any atom is -0.444 e. The number of nitrogens with one attached hydrogen (secondary N) is 1. The lowest BCUT2D eigenvalue weighted by molar-refractivity contribution is 0.0270. The van der Waals surface area contributed by atoms with Gasteiger partial charge in [0.1, 0.15) is 5.60 Å². The van der Waals surface area contributed by atoms with E-state index in [1.165, 1.54) is 16.7 Å². The van der Waals surface area contributed by atoms with Gasteiger partial charge in [0.15, 0.2) is 0 Å². The number of rotatable bonds is 2. The Kier molecular flexibility index (Phi) is 5.72. The Morgan fingerprint density at radius 1 is 0.935 bits per heavy atom. The summed E-state index contributed by atoms with van der Waals surface area (Å²) in [6.45, 7) is 8.08. The zero-order valence-corrected chi connectivity index (χ0v) is 18.4. The summed E-state index contributed by atoms with van der Waals surface area (Å²) in [4.78, 5) is 28.4. The number of anilines is 1. The normalized spacial score (nSPS) is 15.9. The van der Waals surface area contributed by atoms with Crippen molar-refractivity contribution in [3.05, 3.63) is 71.3 Å². The highest BCUT2D eigenvalue weighted by Crippen LogP contribution is 2.26. The molecule has 0 aliphatic carbocycles. The van der Waals surface area contributed by atoms with Crippen LogP contribution in [0.1, 0.15) is 43.9 Å². The van der Waals surface area contributed by atoms with Crippen LogP contribution in [0.5, 0.6) is 0 Å². The minimum absolute atomic E-state index is 0.0890. The van der Waals surface area contributed by atoms with E-state index in [9.17, 15) is 9.59 Å². The van der Waals surface area contributed by atoms with E-state index in [0.29, 0.717) is 26.2 Å². The summed E-state index contributed by atoms with van der Waals surface area (Å²) in [7, 11) is 0. The van der Waals surface area contributed by atoms with E-state index in [-0.39, 0.29) is 12.1 Å². The Hall–Kier alpha value is -3.28. The summed E-state index contributed by atoms with van der Waals surface area (Å²) >= 11 is 0. The molecule has 3 amide bonds. The lowest BCUT2D eigenvalue weighted by atomic mass is 9.99. The van der Waals surface area contributed by atoms with Crippen LogP contribution >= 0.6 is 0 Å². The number of nitrogens with zero attached hydrogens (tertiary/aromatic N) is 2. The molecule has 0 bridgehead atoms. The first-order valence-corrected chi connectivity index (χ1v) is 10.7. The number of fused-ring (bicyclic) bond motifs is 1. The third-order valence-electron chi connectivity index (χ3n) is 5.50. The molecule has 0 radical (unpaired) electrons. The van der Waals surface area contributed by atoms with Gasteiger partial charge < -0.3 is 19.9 Å². The smallest absolute Gasteiger partial charge is 0.410 e. The van der Waals surface area contributed by atoms with Crippen molar-refractivity contribution in [1.29, 1.82) is 0 Å². The number of ether oxygens (including phenoxy) is 1. The van der Waals surface area contributed by atoms with E-state index in [0.717, 1.165) is 17.7 Å². The van der Waals surface area contributed by atoms with Crippen molar-refractivity contribution in [3.8, 4) is 0 Å². The fraction of sp³-hybridized carbons (Fsp3) is 0.360. The summed E-state index contributed by atoms with van der Waals surface area (Å²) in [5.74, 6) is 0. The van der Waals surface area contributed by atoms with Gasteiger partial charge in [0.2, 0.25) is 0 Å². The largest absolute Gasteiger partial charge is 0.444 e. The first-order valence-electron chi connectivity index (χ1n) is 10.7. The van der Waals surface area contributed by atoms with Crippen molar-refractivity contribution >= 4 is 23.4 Å². The molecular formula is C25H29N3O3. The summed E-state index contributed by atoms with van der Waals surface area (Å²) in [5.41, 5.74) is 5.01. The molecule has 6 nitrogen and oxygen atoms in total. The highest BCUT2D eigenvalue weighted by Gasteiger charge is 2.24. The van der Waals surface area contributed by atoms with Crippen LogP contribution in [0.25, 0.3) is 5.57 Å². The maximum absolute atomic E-state index is 12.6. The van der Waals surface area contributed by atoms with Crippen LogP contribution in [-0.4, -0.2) is 40.6 Å². The van der Waals surface area contributed by atoms with Crippen molar-refractivity contribution in [1.82, 2.24) is 9.80 Å². The average molecular weight is 420 g/mol. The maximum atomic E-state index is 12.6. The molecule has 0 saturated carbocycles. The average Bonchev–Trinajstić information content (AvgIpc) is 3.18. The number of hydrogen-bond donors (Lipinski definition) is 1. The van der Waals surface area contributed by atoms with E-state index in [2.05, 4.69) is 23.5 Å².